The molecule has 0 unspecified atom stereocenters. The molecule has 188 valence electrons. The van der Waals surface area contributed by atoms with Crippen molar-refractivity contribution in [2.24, 2.45) is 10.1 Å². The number of hydrogen-bond donors (Lipinski definition) is 1. The number of rotatable bonds is 8. The molecule has 2 amide bonds. The van der Waals surface area contributed by atoms with Crippen LogP contribution in [0.3, 0.4) is 0 Å². The first-order valence-electron chi connectivity index (χ1n) is 12.9. The molecule has 8 nitrogen and oxygen atoms in total. The van der Waals surface area contributed by atoms with E-state index in [9.17, 15) is 9.59 Å². The van der Waals surface area contributed by atoms with E-state index in [1.165, 1.54) is 19.3 Å². The molecule has 0 aromatic heterocycles. The largest absolute Gasteiger partial charge is 0.395 e. The Kier molecular flexibility index (Phi) is 7.30. The van der Waals surface area contributed by atoms with Crippen LogP contribution >= 0.6 is 0 Å². The Bertz CT molecular complexity index is 1170. The molecule has 5 rings (SSSR count). The van der Waals surface area contributed by atoms with Crippen molar-refractivity contribution in [2.75, 3.05) is 20.2 Å². The number of aliphatic imine (C=N–C) groups is 1. The summed E-state index contributed by atoms with van der Waals surface area (Å²) in [7, 11) is 1.93. The standard InChI is InChI=1S/C28H33N5O3/c1-32(23-11-6-3-7-12-23)26(35)13-8-16-36-31-27(20-9-4-2-5-10-20)21-14-15-24-22(17-21)18-33-19-25(34)30-28(33)29-24/h2,4-5,9-10,14-15,17,23H,3,6-8,11-13,16,18-19H2,1H3,(H,29,30,34). The van der Waals surface area contributed by atoms with Gasteiger partial charge in [-0.2, -0.15) is 0 Å². The third-order valence-corrected chi connectivity index (χ3v) is 7.17. The van der Waals surface area contributed by atoms with Crippen LogP contribution < -0.4 is 5.32 Å². The van der Waals surface area contributed by atoms with Crippen LogP contribution in [0, 0.1) is 0 Å². The summed E-state index contributed by atoms with van der Waals surface area (Å²) >= 11 is 0. The number of amides is 2. The maximum absolute atomic E-state index is 12.6. The summed E-state index contributed by atoms with van der Waals surface area (Å²) in [5.41, 5.74) is 4.48. The molecule has 0 bridgehead atoms. The van der Waals surface area contributed by atoms with Crippen LogP contribution in [0.1, 0.15) is 61.6 Å². The molecule has 1 saturated heterocycles. The minimum Gasteiger partial charge on any atom is -0.395 e. The van der Waals surface area contributed by atoms with E-state index >= 15 is 0 Å². The Hall–Kier alpha value is -3.68. The predicted octanol–water partition coefficient (Wildman–Crippen LogP) is 3.96. The smallest absolute Gasteiger partial charge is 0.246 e. The SMILES string of the molecule is CN(C(=O)CCCON=C(c1ccccc1)c1ccc2c(c1)CN1CC(=O)NC1=N2)C1CCCCC1. The lowest BCUT2D eigenvalue weighted by molar-refractivity contribution is -0.132. The molecular weight excluding hydrogens is 454 g/mol. The average Bonchev–Trinajstić information content (AvgIpc) is 3.28. The van der Waals surface area contributed by atoms with Crippen molar-refractivity contribution in [2.45, 2.75) is 57.5 Å². The Labute approximate surface area is 212 Å². The van der Waals surface area contributed by atoms with Gasteiger partial charge in [0, 0.05) is 37.2 Å². The fourth-order valence-electron chi connectivity index (χ4n) is 5.12. The highest BCUT2D eigenvalue weighted by Gasteiger charge is 2.29. The van der Waals surface area contributed by atoms with E-state index in [1.54, 1.807) is 0 Å². The highest BCUT2D eigenvalue weighted by Crippen LogP contribution is 2.29. The second kappa shape index (κ2) is 10.9. The first-order chi connectivity index (χ1) is 17.6. The molecule has 1 N–H and O–H groups in total. The number of guanidine groups is 1. The van der Waals surface area contributed by atoms with Crippen LogP contribution in [0.25, 0.3) is 0 Å². The summed E-state index contributed by atoms with van der Waals surface area (Å²) < 4.78 is 0. The van der Waals surface area contributed by atoms with E-state index in [0.29, 0.717) is 44.5 Å². The zero-order valence-corrected chi connectivity index (χ0v) is 20.8. The van der Waals surface area contributed by atoms with Crippen LogP contribution in [0.2, 0.25) is 0 Å². The van der Waals surface area contributed by atoms with Gasteiger partial charge in [0.05, 0.1) is 5.69 Å². The molecule has 1 saturated carbocycles. The fourth-order valence-corrected chi connectivity index (χ4v) is 5.12. The Morgan fingerprint density at radius 2 is 1.92 bits per heavy atom. The highest BCUT2D eigenvalue weighted by atomic mass is 16.6. The quantitative estimate of drug-likeness (QED) is 0.347. The van der Waals surface area contributed by atoms with Crippen molar-refractivity contribution in [1.82, 2.24) is 15.1 Å². The average molecular weight is 488 g/mol. The lowest BCUT2D eigenvalue weighted by Gasteiger charge is -2.31. The molecule has 2 aromatic carbocycles. The van der Waals surface area contributed by atoms with Gasteiger partial charge in [0.15, 0.2) is 0 Å². The first-order valence-corrected chi connectivity index (χ1v) is 12.9. The molecule has 2 fully saturated rings. The number of carbonyl (C=O) groups is 2. The fraction of sp³-hybridized carbons (Fsp3) is 0.429. The Morgan fingerprint density at radius 3 is 2.72 bits per heavy atom. The predicted molar refractivity (Wildman–Crippen MR) is 139 cm³/mol. The number of nitrogens with zero attached hydrogens (tertiary/aromatic N) is 4. The molecule has 2 aromatic rings. The number of hydrogen-bond acceptors (Lipinski definition) is 6. The van der Waals surface area contributed by atoms with Gasteiger partial charge in [0.2, 0.25) is 17.8 Å². The van der Waals surface area contributed by atoms with Crippen LogP contribution in [0.15, 0.2) is 58.7 Å². The lowest BCUT2D eigenvalue weighted by atomic mass is 9.94. The van der Waals surface area contributed by atoms with Gasteiger partial charge in [-0.25, -0.2) is 4.99 Å². The van der Waals surface area contributed by atoms with Crippen LogP contribution in [0.5, 0.6) is 0 Å². The molecule has 2 heterocycles. The maximum Gasteiger partial charge on any atom is 0.246 e. The van der Waals surface area contributed by atoms with Gasteiger partial charge < -0.3 is 14.6 Å². The topological polar surface area (TPSA) is 86.6 Å². The van der Waals surface area contributed by atoms with Crippen LogP contribution in [-0.2, 0) is 21.0 Å². The molecule has 0 spiro atoms. The number of carbonyl (C=O) groups excluding carboxylic acids is 2. The molecule has 0 radical (unpaired) electrons. The number of benzene rings is 2. The summed E-state index contributed by atoms with van der Waals surface area (Å²) in [5, 5.41) is 7.30. The van der Waals surface area contributed by atoms with Gasteiger partial charge in [-0.05, 0) is 37.0 Å². The molecule has 2 aliphatic heterocycles. The zero-order chi connectivity index (χ0) is 24.9. The van der Waals surface area contributed by atoms with Gasteiger partial charge in [-0.3, -0.25) is 14.9 Å². The number of oxime groups is 1. The molecular formula is C28H33N5O3. The number of nitrogens with one attached hydrogen (secondary N) is 1. The van der Waals surface area contributed by atoms with Crippen molar-refractivity contribution in [3.63, 3.8) is 0 Å². The van der Waals surface area contributed by atoms with Crippen molar-refractivity contribution in [1.29, 1.82) is 0 Å². The van der Waals surface area contributed by atoms with Gasteiger partial charge in [0.25, 0.3) is 0 Å². The summed E-state index contributed by atoms with van der Waals surface area (Å²) in [6.45, 7) is 1.31. The first kappa shape index (κ1) is 24.0. The second-order valence-corrected chi connectivity index (χ2v) is 9.72. The molecule has 1 aliphatic carbocycles. The van der Waals surface area contributed by atoms with Crippen molar-refractivity contribution >= 4 is 29.2 Å². The van der Waals surface area contributed by atoms with E-state index in [0.717, 1.165) is 40.9 Å². The normalized spacial score (nSPS) is 17.7. The number of fused-ring (bicyclic) bond motifs is 2. The Balaban J connectivity index is 1.25. The van der Waals surface area contributed by atoms with Gasteiger partial charge in [-0.1, -0.05) is 60.8 Å². The molecule has 3 aliphatic rings. The maximum atomic E-state index is 12.6. The lowest BCUT2D eigenvalue weighted by Crippen LogP contribution is -2.38. The summed E-state index contributed by atoms with van der Waals surface area (Å²) in [6, 6.07) is 16.3. The highest BCUT2D eigenvalue weighted by molar-refractivity contribution is 6.13. The van der Waals surface area contributed by atoms with Crippen molar-refractivity contribution in [3.8, 4) is 0 Å². The zero-order valence-electron chi connectivity index (χ0n) is 20.8. The summed E-state index contributed by atoms with van der Waals surface area (Å²) in [4.78, 5) is 38.6. The van der Waals surface area contributed by atoms with Gasteiger partial charge >= 0.3 is 0 Å². The summed E-state index contributed by atoms with van der Waals surface area (Å²) in [6.07, 6.45) is 7.02. The van der Waals surface area contributed by atoms with E-state index in [2.05, 4.69) is 21.5 Å². The van der Waals surface area contributed by atoms with Gasteiger partial charge in [0.1, 0.15) is 18.9 Å². The van der Waals surface area contributed by atoms with Crippen LogP contribution in [0.4, 0.5) is 5.69 Å². The second-order valence-electron chi connectivity index (χ2n) is 9.72. The van der Waals surface area contributed by atoms with Crippen molar-refractivity contribution in [3.05, 3.63) is 65.2 Å². The molecule has 8 heteroatoms. The van der Waals surface area contributed by atoms with E-state index in [4.69, 9.17) is 4.84 Å². The monoisotopic (exact) mass is 487 g/mol. The minimum absolute atomic E-state index is 0.0369. The summed E-state index contributed by atoms with van der Waals surface area (Å²) in [5.74, 6) is 0.761. The third kappa shape index (κ3) is 5.42. The van der Waals surface area contributed by atoms with E-state index in [-0.39, 0.29) is 11.8 Å². The molecule has 0 atom stereocenters. The van der Waals surface area contributed by atoms with E-state index in [1.807, 2.05) is 59.3 Å². The van der Waals surface area contributed by atoms with Crippen molar-refractivity contribution < 1.29 is 14.4 Å². The van der Waals surface area contributed by atoms with Crippen LogP contribution in [-0.4, -0.2) is 59.5 Å². The molecule has 36 heavy (non-hydrogen) atoms. The van der Waals surface area contributed by atoms with Gasteiger partial charge in [-0.15, -0.1) is 0 Å². The third-order valence-electron chi connectivity index (χ3n) is 7.17. The minimum atomic E-state index is -0.0369. The Morgan fingerprint density at radius 1 is 1.11 bits per heavy atom. The van der Waals surface area contributed by atoms with E-state index < -0.39 is 0 Å².